The van der Waals surface area contributed by atoms with Gasteiger partial charge in [0.15, 0.2) is 0 Å². The minimum Gasteiger partial charge on any atom is -0.378 e. The van der Waals surface area contributed by atoms with Crippen LogP contribution in [0.25, 0.3) is 10.6 Å². The number of nitrogens with zero attached hydrogens (tertiary/aromatic N) is 3. The van der Waals surface area contributed by atoms with E-state index in [0.717, 1.165) is 48.3 Å². The zero-order valence-electron chi connectivity index (χ0n) is 15.1. The van der Waals surface area contributed by atoms with Gasteiger partial charge in [0.25, 0.3) is 5.91 Å². The third kappa shape index (κ3) is 4.32. The van der Waals surface area contributed by atoms with Crippen LogP contribution in [-0.4, -0.2) is 42.2 Å². The van der Waals surface area contributed by atoms with Crippen molar-refractivity contribution in [2.75, 3.05) is 31.2 Å². The summed E-state index contributed by atoms with van der Waals surface area (Å²) in [7, 11) is 0. The number of ether oxygens (including phenoxy) is 1. The van der Waals surface area contributed by atoms with Gasteiger partial charge in [-0.25, -0.2) is 9.97 Å². The van der Waals surface area contributed by atoms with E-state index in [0.29, 0.717) is 17.3 Å². The summed E-state index contributed by atoms with van der Waals surface area (Å²) in [4.78, 5) is 23.6. The smallest absolute Gasteiger partial charge is 0.271 e. The van der Waals surface area contributed by atoms with E-state index in [9.17, 15) is 4.79 Å². The molecule has 0 atom stereocenters. The van der Waals surface area contributed by atoms with E-state index >= 15 is 0 Å². The van der Waals surface area contributed by atoms with Gasteiger partial charge in [0.2, 0.25) is 0 Å². The monoisotopic (exact) mass is 414 g/mol. The maximum Gasteiger partial charge on any atom is 0.271 e. The molecule has 3 aromatic rings. The number of morpholine rings is 1. The minimum absolute atomic E-state index is 0.222. The summed E-state index contributed by atoms with van der Waals surface area (Å²) in [6, 6.07) is 11.4. The first-order valence-corrected chi connectivity index (χ1v) is 10.2. The van der Waals surface area contributed by atoms with Gasteiger partial charge in [-0.2, -0.15) is 0 Å². The van der Waals surface area contributed by atoms with E-state index in [1.165, 1.54) is 11.3 Å². The van der Waals surface area contributed by atoms with Crippen molar-refractivity contribution in [3.05, 3.63) is 64.3 Å². The summed E-state index contributed by atoms with van der Waals surface area (Å²) in [6.07, 6.45) is 1.80. The second-order valence-corrected chi connectivity index (χ2v) is 7.58. The van der Waals surface area contributed by atoms with E-state index in [1.807, 2.05) is 30.3 Å². The normalized spacial score (nSPS) is 14.1. The molecule has 1 aromatic carbocycles. The molecule has 0 spiro atoms. The molecule has 0 bridgehead atoms. The van der Waals surface area contributed by atoms with Crippen LogP contribution in [0.4, 0.5) is 5.82 Å². The van der Waals surface area contributed by atoms with Crippen molar-refractivity contribution in [2.45, 2.75) is 6.54 Å². The van der Waals surface area contributed by atoms with Crippen LogP contribution in [0, 0.1) is 0 Å². The van der Waals surface area contributed by atoms with Gasteiger partial charge < -0.3 is 15.0 Å². The molecule has 0 unspecified atom stereocenters. The van der Waals surface area contributed by atoms with Crippen LogP contribution in [0.1, 0.15) is 16.1 Å². The largest absolute Gasteiger partial charge is 0.378 e. The third-order valence-corrected chi connectivity index (χ3v) is 5.72. The van der Waals surface area contributed by atoms with Crippen molar-refractivity contribution >= 4 is 34.7 Å². The van der Waals surface area contributed by atoms with Crippen LogP contribution in [0.3, 0.4) is 0 Å². The van der Waals surface area contributed by atoms with E-state index < -0.39 is 0 Å². The van der Waals surface area contributed by atoms with E-state index in [4.69, 9.17) is 16.3 Å². The Bertz CT molecular complexity index is 955. The van der Waals surface area contributed by atoms with Gasteiger partial charge in [0, 0.05) is 41.8 Å². The number of anilines is 1. The molecule has 144 valence electrons. The Balaban J connectivity index is 1.40. The molecular weight excluding hydrogens is 396 g/mol. The number of hydrogen-bond acceptors (Lipinski definition) is 6. The Hall–Kier alpha value is -2.48. The molecule has 28 heavy (non-hydrogen) atoms. The van der Waals surface area contributed by atoms with Gasteiger partial charge in [0.1, 0.15) is 16.5 Å². The number of halogens is 1. The Labute approximate surface area is 172 Å². The van der Waals surface area contributed by atoms with Crippen molar-refractivity contribution in [1.82, 2.24) is 15.3 Å². The molecule has 0 aliphatic carbocycles. The van der Waals surface area contributed by atoms with Gasteiger partial charge in [0.05, 0.1) is 13.2 Å². The number of carbonyl (C=O) groups excluding carboxylic acids is 1. The maximum absolute atomic E-state index is 12.4. The predicted octanol–water partition coefficient (Wildman–Crippen LogP) is 3.63. The summed E-state index contributed by atoms with van der Waals surface area (Å²) < 4.78 is 5.37. The number of nitrogens with one attached hydrogen (secondary N) is 1. The van der Waals surface area contributed by atoms with Crippen LogP contribution in [0.5, 0.6) is 0 Å². The standard InChI is InChI=1S/C20H19ClN4O2S/c21-16-4-2-1-3-14(16)11-23-19(26)17-13-28-20(24-17)15-5-6-18(22-12-15)25-7-9-27-10-8-25/h1-6,12-13H,7-11H2,(H,23,26). The molecule has 6 nitrogen and oxygen atoms in total. The van der Waals surface area contributed by atoms with Crippen molar-refractivity contribution in [1.29, 1.82) is 0 Å². The van der Waals surface area contributed by atoms with Gasteiger partial charge in [-0.15, -0.1) is 11.3 Å². The average Bonchev–Trinajstić information content (AvgIpc) is 3.24. The van der Waals surface area contributed by atoms with Crippen LogP contribution in [0.15, 0.2) is 48.0 Å². The molecular formula is C20H19ClN4O2S. The topological polar surface area (TPSA) is 67.4 Å². The Morgan fingerprint density at radius 2 is 2.04 bits per heavy atom. The predicted molar refractivity (Wildman–Crippen MR) is 111 cm³/mol. The summed E-state index contributed by atoms with van der Waals surface area (Å²) in [5.74, 6) is 0.710. The lowest BCUT2D eigenvalue weighted by Crippen LogP contribution is -2.36. The average molecular weight is 415 g/mol. The summed E-state index contributed by atoms with van der Waals surface area (Å²) in [5.41, 5.74) is 2.16. The maximum atomic E-state index is 12.4. The first-order chi connectivity index (χ1) is 13.7. The highest BCUT2D eigenvalue weighted by Crippen LogP contribution is 2.25. The summed E-state index contributed by atoms with van der Waals surface area (Å²) in [5, 5.41) is 6.02. The van der Waals surface area contributed by atoms with Crippen LogP contribution in [-0.2, 0) is 11.3 Å². The molecule has 1 amide bonds. The molecule has 3 heterocycles. The fourth-order valence-electron chi connectivity index (χ4n) is 2.91. The Kier molecular flexibility index (Phi) is 5.85. The molecule has 8 heteroatoms. The number of hydrogen-bond donors (Lipinski definition) is 1. The molecule has 1 aliphatic heterocycles. The number of rotatable bonds is 5. The van der Waals surface area contributed by atoms with Gasteiger partial charge >= 0.3 is 0 Å². The number of thiazole rings is 1. The SMILES string of the molecule is O=C(NCc1ccccc1Cl)c1csc(-c2ccc(N3CCOCC3)nc2)n1. The van der Waals surface area contributed by atoms with Crippen LogP contribution < -0.4 is 10.2 Å². The first kappa shape index (κ1) is 18.9. The van der Waals surface area contributed by atoms with Crippen LogP contribution >= 0.6 is 22.9 Å². The fraction of sp³-hybridized carbons (Fsp3) is 0.250. The highest BCUT2D eigenvalue weighted by molar-refractivity contribution is 7.13. The Morgan fingerprint density at radius 1 is 1.21 bits per heavy atom. The quantitative estimate of drug-likeness (QED) is 0.690. The van der Waals surface area contributed by atoms with E-state index in [2.05, 4.69) is 20.2 Å². The minimum atomic E-state index is -0.222. The van der Waals surface area contributed by atoms with E-state index in [1.54, 1.807) is 17.6 Å². The second kappa shape index (κ2) is 8.68. The van der Waals surface area contributed by atoms with Gasteiger partial charge in [-0.3, -0.25) is 4.79 Å². The van der Waals surface area contributed by atoms with Crippen molar-refractivity contribution < 1.29 is 9.53 Å². The summed E-state index contributed by atoms with van der Waals surface area (Å²) in [6.45, 7) is 3.50. The van der Waals surface area contributed by atoms with Crippen molar-refractivity contribution in [2.24, 2.45) is 0 Å². The molecule has 4 rings (SSSR count). The molecule has 1 saturated heterocycles. The number of carbonyl (C=O) groups is 1. The molecule has 0 saturated carbocycles. The highest BCUT2D eigenvalue weighted by atomic mass is 35.5. The van der Waals surface area contributed by atoms with E-state index in [-0.39, 0.29) is 5.91 Å². The highest BCUT2D eigenvalue weighted by Gasteiger charge is 2.15. The lowest BCUT2D eigenvalue weighted by Gasteiger charge is -2.27. The van der Waals surface area contributed by atoms with Gasteiger partial charge in [-0.05, 0) is 23.8 Å². The lowest BCUT2D eigenvalue weighted by atomic mass is 10.2. The first-order valence-electron chi connectivity index (χ1n) is 8.97. The lowest BCUT2D eigenvalue weighted by molar-refractivity contribution is 0.0946. The van der Waals surface area contributed by atoms with Crippen molar-refractivity contribution in [3.8, 4) is 10.6 Å². The molecule has 1 aliphatic rings. The zero-order valence-corrected chi connectivity index (χ0v) is 16.7. The summed E-state index contributed by atoms with van der Waals surface area (Å²) >= 11 is 7.55. The van der Waals surface area contributed by atoms with Gasteiger partial charge in [-0.1, -0.05) is 29.8 Å². The molecule has 0 radical (unpaired) electrons. The number of aromatic nitrogens is 2. The zero-order chi connectivity index (χ0) is 19.3. The van der Waals surface area contributed by atoms with Crippen LogP contribution in [0.2, 0.25) is 5.02 Å². The fourth-order valence-corrected chi connectivity index (χ4v) is 3.90. The number of amides is 1. The second-order valence-electron chi connectivity index (χ2n) is 6.32. The number of benzene rings is 1. The molecule has 1 fully saturated rings. The Morgan fingerprint density at radius 3 is 2.79 bits per heavy atom. The molecule has 2 aromatic heterocycles. The molecule has 1 N–H and O–H groups in total. The number of pyridine rings is 1. The van der Waals surface area contributed by atoms with Crippen molar-refractivity contribution in [3.63, 3.8) is 0 Å². The third-order valence-electron chi connectivity index (χ3n) is 4.46.